The molecule has 146 valence electrons. The number of morpholine rings is 1. The molecule has 0 unspecified atom stereocenters. The van der Waals surface area contributed by atoms with Gasteiger partial charge in [0.15, 0.2) is 0 Å². The van der Waals surface area contributed by atoms with Gasteiger partial charge in [-0.2, -0.15) is 0 Å². The van der Waals surface area contributed by atoms with Gasteiger partial charge in [-0.3, -0.25) is 9.69 Å². The number of carbonyl (C=O) groups excluding carboxylic acids is 1. The second kappa shape index (κ2) is 6.89. The molecular formula is C20H29BN2O4. The van der Waals surface area contributed by atoms with Crippen LogP contribution < -0.4 is 10.4 Å². The van der Waals surface area contributed by atoms with Crippen LogP contribution in [0.25, 0.3) is 0 Å². The number of carbonyl (C=O) groups is 1. The Morgan fingerprint density at radius 1 is 1.07 bits per heavy atom. The number of hydrogen-bond acceptors (Lipinski definition) is 5. The van der Waals surface area contributed by atoms with Crippen molar-refractivity contribution < 1.29 is 18.8 Å². The first-order valence-corrected chi connectivity index (χ1v) is 9.86. The maximum absolute atomic E-state index is 12.8. The summed E-state index contributed by atoms with van der Waals surface area (Å²) in [4.78, 5) is 16.9. The zero-order valence-corrected chi connectivity index (χ0v) is 16.8. The Morgan fingerprint density at radius 2 is 1.74 bits per heavy atom. The first-order chi connectivity index (χ1) is 12.8. The highest BCUT2D eigenvalue weighted by Gasteiger charge is 2.51. The van der Waals surface area contributed by atoms with Gasteiger partial charge in [-0.05, 0) is 51.2 Å². The Balaban J connectivity index is 1.47. The van der Waals surface area contributed by atoms with Crippen molar-refractivity contribution in [2.24, 2.45) is 0 Å². The van der Waals surface area contributed by atoms with Crippen LogP contribution in [0.4, 0.5) is 5.69 Å². The third kappa shape index (κ3) is 3.54. The monoisotopic (exact) mass is 372 g/mol. The zero-order chi connectivity index (χ0) is 19.2. The number of fused-ring (bicyclic) bond motifs is 1. The van der Waals surface area contributed by atoms with Gasteiger partial charge in [-0.15, -0.1) is 0 Å². The summed E-state index contributed by atoms with van der Waals surface area (Å²) >= 11 is 0. The molecule has 0 atom stereocenters. The van der Waals surface area contributed by atoms with Gasteiger partial charge in [0.05, 0.1) is 31.0 Å². The molecule has 3 heterocycles. The molecule has 3 aliphatic heterocycles. The van der Waals surface area contributed by atoms with Crippen molar-refractivity contribution in [1.82, 2.24) is 4.90 Å². The van der Waals surface area contributed by atoms with Crippen LogP contribution in [0.5, 0.6) is 0 Å². The van der Waals surface area contributed by atoms with E-state index in [9.17, 15) is 4.79 Å². The van der Waals surface area contributed by atoms with E-state index >= 15 is 0 Å². The van der Waals surface area contributed by atoms with Crippen LogP contribution in [0.15, 0.2) is 18.2 Å². The zero-order valence-electron chi connectivity index (χ0n) is 16.8. The number of hydrogen-bond donors (Lipinski definition) is 0. The molecule has 2 fully saturated rings. The van der Waals surface area contributed by atoms with Crippen molar-refractivity contribution in [1.29, 1.82) is 0 Å². The van der Waals surface area contributed by atoms with Gasteiger partial charge in [0, 0.05) is 25.3 Å². The molecule has 1 aromatic rings. The van der Waals surface area contributed by atoms with Gasteiger partial charge in [-0.1, -0.05) is 12.1 Å². The van der Waals surface area contributed by atoms with Gasteiger partial charge in [0.2, 0.25) is 5.91 Å². The molecule has 2 saturated heterocycles. The van der Waals surface area contributed by atoms with E-state index in [1.54, 1.807) is 0 Å². The molecule has 0 aliphatic carbocycles. The molecule has 4 rings (SSSR count). The van der Waals surface area contributed by atoms with Crippen LogP contribution in [-0.4, -0.2) is 68.5 Å². The molecule has 27 heavy (non-hydrogen) atoms. The first-order valence-electron chi connectivity index (χ1n) is 9.86. The molecule has 0 N–H and O–H groups in total. The Bertz CT molecular complexity index is 715. The number of rotatable bonds is 3. The van der Waals surface area contributed by atoms with Crippen LogP contribution >= 0.6 is 0 Å². The van der Waals surface area contributed by atoms with Crippen LogP contribution in [0.3, 0.4) is 0 Å². The molecule has 3 aliphatic rings. The highest BCUT2D eigenvalue weighted by Crippen LogP contribution is 2.37. The molecule has 0 spiro atoms. The number of nitrogens with zero attached hydrogens (tertiary/aromatic N) is 2. The third-order valence-corrected chi connectivity index (χ3v) is 6.29. The molecule has 0 aromatic heterocycles. The van der Waals surface area contributed by atoms with Crippen molar-refractivity contribution in [2.75, 3.05) is 44.3 Å². The lowest BCUT2D eigenvalue weighted by molar-refractivity contribution is -0.120. The highest BCUT2D eigenvalue weighted by molar-refractivity contribution is 6.62. The minimum absolute atomic E-state index is 0.166. The third-order valence-electron chi connectivity index (χ3n) is 6.29. The molecule has 7 heteroatoms. The molecule has 0 saturated carbocycles. The van der Waals surface area contributed by atoms with Crippen LogP contribution in [0.2, 0.25) is 0 Å². The molecule has 0 bridgehead atoms. The van der Waals surface area contributed by atoms with Crippen molar-refractivity contribution in [3.05, 3.63) is 23.8 Å². The Morgan fingerprint density at radius 3 is 2.41 bits per heavy atom. The summed E-state index contributed by atoms with van der Waals surface area (Å²) in [6.45, 7) is 12.5. The molecule has 1 aromatic carbocycles. The Kier molecular flexibility index (Phi) is 4.83. The summed E-state index contributed by atoms with van der Waals surface area (Å²) in [6.07, 6.45) is 0.873. The molecule has 6 nitrogen and oxygen atoms in total. The number of anilines is 1. The lowest BCUT2D eigenvalue weighted by atomic mass is 9.78. The van der Waals surface area contributed by atoms with Gasteiger partial charge >= 0.3 is 7.12 Å². The average Bonchev–Trinajstić information content (AvgIpc) is 3.13. The lowest BCUT2D eigenvalue weighted by Crippen LogP contribution is -2.44. The fraction of sp³-hybridized carbons (Fsp3) is 0.650. The minimum Gasteiger partial charge on any atom is -0.399 e. The molecule has 1 amide bonds. The molecule has 0 radical (unpaired) electrons. The van der Waals surface area contributed by atoms with E-state index in [0.29, 0.717) is 19.8 Å². The number of ether oxygens (including phenoxy) is 1. The summed E-state index contributed by atoms with van der Waals surface area (Å²) in [7, 11) is -0.363. The predicted octanol–water partition coefficient (Wildman–Crippen LogP) is 1.21. The second-order valence-corrected chi connectivity index (χ2v) is 8.66. The fourth-order valence-electron chi connectivity index (χ4n) is 3.84. The fourth-order valence-corrected chi connectivity index (χ4v) is 3.84. The van der Waals surface area contributed by atoms with Gasteiger partial charge in [0.1, 0.15) is 0 Å². The minimum atomic E-state index is -0.363. The maximum Gasteiger partial charge on any atom is 0.494 e. The summed E-state index contributed by atoms with van der Waals surface area (Å²) in [5.74, 6) is 0.166. The van der Waals surface area contributed by atoms with Crippen LogP contribution in [0, 0.1) is 0 Å². The largest absolute Gasteiger partial charge is 0.494 e. The van der Waals surface area contributed by atoms with Gasteiger partial charge < -0.3 is 18.9 Å². The van der Waals surface area contributed by atoms with Crippen molar-refractivity contribution in [2.45, 2.75) is 45.3 Å². The Labute approximate surface area is 161 Å². The van der Waals surface area contributed by atoms with Crippen molar-refractivity contribution >= 4 is 24.2 Å². The summed E-state index contributed by atoms with van der Waals surface area (Å²) < 4.78 is 17.7. The summed E-state index contributed by atoms with van der Waals surface area (Å²) in [6, 6.07) is 6.21. The first kappa shape index (κ1) is 18.9. The summed E-state index contributed by atoms with van der Waals surface area (Å²) in [5.41, 5.74) is 2.54. The average molecular weight is 372 g/mol. The Hall–Kier alpha value is -1.41. The SMILES string of the molecule is CC1(C)OB(c2ccc3c(c2)CCN3C(=O)CN2CCOCC2)OC1(C)C. The second-order valence-electron chi connectivity index (χ2n) is 8.66. The van der Waals surface area contributed by atoms with Gasteiger partial charge in [-0.25, -0.2) is 0 Å². The van der Waals surface area contributed by atoms with Gasteiger partial charge in [0.25, 0.3) is 0 Å². The molecular weight excluding hydrogens is 343 g/mol. The number of amides is 1. The van der Waals surface area contributed by atoms with Crippen molar-refractivity contribution in [3.63, 3.8) is 0 Å². The smallest absolute Gasteiger partial charge is 0.399 e. The van der Waals surface area contributed by atoms with E-state index in [4.69, 9.17) is 14.0 Å². The van der Waals surface area contributed by atoms with E-state index in [1.807, 2.05) is 17.0 Å². The van der Waals surface area contributed by atoms with E-state index < -0.39 is 0 Å². The van der Waals surface area contributed by atoms with E-state index in [1.165, 1.54) is 5.56 Å². The van der Waals surface area contributed by atoms with E-state index in [0.717, 1.165) is 37.2 Å². The van der Waals surface area contributed by atoms with Crippen LogP contribution in [0.1, 0.15) is 33.3 Å². The summed E-state index contributed by atoms with van der Waals surface area (Å²) in [5, 5.41) is 0. The lowest BCUT2D eigenvalue weighted by Gasteiger charge is -2.32. The van der Waals surface area contributed by atoms with Crippen LogP contribution in [-0.2, 0) is 25.3 Å². The van der Waals surface area contributed by atoms with E-state index in [-0.39, 0.29) is 24.2 Å². The predicted molar refractivity (Wildman–Crippen MR) is 105 cm³/mol. The highest BCUT2D eigenvalue weighted by atomic mass is 16.7. The quantitative estimate of drug-likeness (QED) is 0.747. The number of benzene rings is 1. The normalized spacial score (nSPS) is 24.3. The van der Waals surface area contributed by atoms with E-state index in [2.05, 4.69) is 38.7 Å². The standard InChI is InChI=1S/C20H29BN2O4/c1-19(2)20(3,4)27-21(26-19)16-5-6-17-15(13-16)7-8-23(17)18(24)14-22-9-11-25-12-10-22/h5-6,13H,7-12,14H2,1-4H3. The van der Waals surface area contributed by atoms with Crippen molar-refractivity contribution in [3.8, 4) is 0 Å². The topological polar surface area (TPSA) is 51.2 Å². The maximum atomic E-state index is 12.8.